The Morgan fingerprint density at radius 3 is 2.74 bits per heavy atom. The van der Waals surface area contributed by atoms with Crippen LogP contribution in [0, 0.1) is 6.92 Å². The van der Waals surface area contributed by atoms with Gasteiger partial charge in [-0.1, -0.05) is 30.3 Å². The highest BCUT2D eigenvalue weighted by molar-refractivity contribution is 5.81. The Labute approximate surface area is 134 Å². The van der Waals surface area contributed by atoms with Gasteiger partial charge in [0.15, 0.2) is 0 Å². The van der Waals surface area contributed by atoms with Crippen molar-refractivity contribution in [3.63, 3.8) is 0 Å². The number of fused-ring (bicyclic) bond motifs is 1. The van der Waals surface area contributed by atoms with Gasteiger partial charge in [-0.2, -0.15) is 0 Å². The lowest BCUT2D eigenvalue weighted by molar-refractivity contribution is 0.313. The standard InChI is InChI=1S/C19H19NO3/c1-14-11-19(21)23-18-12-16(7-8-17(14)18)22-10-9-20-13-15-5-3-2-4-6-15/h2-8,11-12,20H,9-10,13H2,1H3. The minimum atomic E-state index is -0.336. The number of rotatable bonds is 6. The van der Waals surface area contributed by atoms with Crippen molar-refractivity contribution in [2.24, 2.45) is 0 Å². The number of nitrogens with one attached hydrogen (secondary N) is 1. The fraction of sp³-hybridized carbons (Fsp3) is 0.211. The summed E-state index contributed by atoms with van der Waals surface area (Å²) in [6, 6.07) is 17.3. The van der Waals surface area contributed by atoms with Crippen molar-refractivity contribution in [3.8, 4) is 5.75 Å². The highest BCUT2D eigenvalue weighted by Crippen LogP contribution is 2.22. The van der Waals surface area contributed by atoms with Crippen LogP contribution in [0.25, 0.3) is 11.0 Å². The van der Waals surface area contributed by atoms with E-state index in [1.807, 2.05) is 37.3 Å². The number of ether oxygens (including phenoxy) is 1. The SMILES string of the molecule is Cc1cc(=O)oc2cc(OCCNCc3ccccc3)ccc12. The molecule has 0 aliphatic rings. The minimum Gasteiger partial charge on any atom is -0.492 e. The average Bonchev–Trinajstić information content (AvgIpc) is 2.55. The normalized spacial score (nSPS) is 10.8. The van der Waals surface area contributed by atoms with E-state index in [1.165, 1.54) is 11.6 Å². The van der Waals surface area contributed by atoms with Crippen LogP contribution in [-0.4, -0.2) is 13.2 Å². The first-order valence-electron chi connectivity index (χ1n) is 7.64. The first-order valence-corrected chi connectivity index (χ1v) is 7.64. The van der Waals surface area contributed by atoms with Crippen molar-refractivity contribution >= 4 is 11.0 Å². The molecule has 0 bridgehead atoms. The van der Waals surface area contributed by atoms with E-state index < -0.39 is 0 Å². The van der Waals surface area contributed by atoms with E-state index in [2.05, 4.69) is 17.4 Å². The van der Waals surface area contributed by atoms with Crippen molar-refractivity contribution in [1.82, 2.24) is 5.32 Å². The molecule has 0 atom stereocenters. The van der Waals surface area contributed by atoms with Crippen molar-refractivity contribution in [2.75, 3.05) is 13.2 Å². The van der Waals surface area contributed by atoms with Gasteiger partial charge in [0.2, 0.25) is 0 Å². The maximum atomic E-state index is 11.4. The number of hydrogen-bond donors (Lipinski definition) is 1. The van der Waals surface area contributed by atoms with E-state index in [0.717, 1.165) is 24.0 Å². The van der Waals surface area contributed by atoms with Gasteiger partial charge >= 0.3 is 5.63 Å². The van der Waals surface area contributed by atoms with Crippen molar-refractivity contribution in [2.45, 2.75) is 13.5 Å². The molecule has 0 radical (unpaired) electrons. The summed E-state index contributed by atoms with van der Waals surface area (Å²) < 4.78 is 10.9. The molecule has 0 spiro atoms. The summed E-state index contributed by atoms with van der Waals surface area (Å²) in [6.07, 6.45) is 0. The molecular weight excluding hydrogens is 290 g/mol. The second kappa shape index (κ2) is 7.11. The summed E-state index contributed by atoms with van der Waals surface area (Å²) in [5, 5.41) is 4.26. The summed E-state index contributed by atoms with van der Waals surface area (Å²) >= 11 is 0. The third-order valence-electron chi connectivity index (χ3n) is 3.64. The Morgan fingerprint density at radius 1 is 1.09 bits per heavy atom. The van der Waals surface area contributed by atoms with Crippen molar-refractivity contribution in [3.05, 3.63) is 76.1 Å². The summed E-state index contributed by atoms with van der Waals surface area (Å²) in [5.41, 5.74) is 2.38. The molecule has 3 rings (SSSR count). The van der Waals surface area contributed by atoms with E-state index in [0.29, 0.717) is 17.9 Å². The molecule has 118 valence electrons. The Morgan fingerprint density at radius 2 is 1.91 bits per heavy atom. The maximum absolute atomic E-state index is 11.4. The molecule has 0 unspecified atom stereocenters. The molecule has 1 N–H and O–H groups in total. The number of aryl methyl sites for hydroxylation is 1. The van der Waals surface area contributed by atoms with Crippen LogP contribution < -0.4 is 15.7 Å². The molecule has 2 aromatic carbocycles. The smallest absolute Gasteiger partial charge is 0.336 e. The Balaban J connectivity index is 1.54. The average molecular weight is 309 g/mol. The van der Waals surface area contributed by atoms with Crippen LogP contribution >= 0.6 is 0 Å². The highest BCUT2D eigenvalue weighted by atomic mass is 16.5. The molecule has 0 amide bonds. The van der Waals surface area contributed by atoms with Crippen LogP contribution in [0.1, 0.15) is 11.1 Å². The lowest BCUT2D eigenvalue weighted by Crippen LogP contribution is -2.20. The lowest BCUT2D eigenvalue weighted by Gasteiger charge is -2.08. The number of hydrogen-bond acceptors (Lipinski definition) is 4. The topological polar surface area (TPSA) is 51.5 Å². The van der Waals surface area contributed by atoms with Crippen LogP contribution in [0.4, 0.5) is 0 Å². The predicted molar refractivity (Wildman–Crippen MR) is 90.9 cm³/mol. The second-order valence-electron chi connectivity index (χ2n) is 5.42. The van der Waals surface area contributed by atoms with Gasteiger partial charge in [-0.3, -0.25) is 0 Å². The zero-order valence-corrected chi connectivity index (χ0v) is 13.0. The largest absolute Gasteiger partial charge is 0.492 e. The van der Waals surface area contributed by atoms with Gasteiger partial charge in [-0.05, 0) is 30.2 Å². The van der Waals surface area contributed by atoms with Crippen molar-refractivity contribution < 1.29 is 9.15 Å². The van der Waals surface area contributed by atoms with Crippen LogP contribution in [0.15, 0.2) is 63.8 Å². The molecule has 3 aromatic rings. The molecule has 0 aliphatic heterocycles. The van der Waals surface area contributed by atoms with Crippen LogP contribution in [0.5, 0.6) is 5.75 Å². The van der Waals surface area contributed by atoms with Crippen LogP contribution in [-0.2, 0) is 6.54 Å². The van der Waals surface area contributed by atoms with Crippen LogP contribution in [0.3, 0.4) is 0 Å². The molecule has 4 nitrogen and oxygen atoms in total. The van der Waals surface area contributed by atoms with E-state index in [1.54, 1.807) is 6.07 Å². The van der Waals surface area contributed by atoms with Gasteiger partial charge in [-0.15, -0.1) is 0 Å². The molecule has 4 heteroatoms. The molecule has 1 heterocycles. The minimum absolute atomic E-state index is 0.336. The quantitative estimate of drug-likeness (QED) is 0.561. The Bertz CT molecular complexity index is 840. The first-order chi connectivity index (χ1) is 11.2. The maximum Gasteiger partial charge on any atom is 0.336 e. The van der Waals surface area contributed by atoms with Gasteiger partial charge in [0.25, 0.3) is 0 Å². The van der Waals surface area contributed by atoms with Crippen molar-refractivity contribution in [1.29, 1.82) is 0 Å². The third-order valence-corrected chi connectivity index (χ3v) is 3.64. The van der Waals surface area contributed by atoms with E-state index in [9.17, 15) is 4.79 Å². The fourth-order valence-electron chi connectivity index (χ4n) is 2.46. The monoisotopic (exact) mass is 309 g/mol. The Hall–Kier alpha value is -2.59. The summed E-state index contributed by atoms with van der Waals surface area (Å²) in [5.74, 6) is 0.702. The van der Waals surface area contributed by atoms with Gasteiger partial charge in [0, 0.05) is 30.6 Å². The lowest BCUT2D eigenvalue weighted by atomic mass is 10.1. The van der Waals surface area contributed by atoms with E-state index >= 15 is 0 Å². The molecule has 1 aromatic heterocycles. The van der Waals surface area contributed by atoms with Gasteiger partial charge in [0.1, 0.15) is 17.9 Å². The summed E-state index contributed by atoms with van der Waals surface area (Å²) in [4.78, 5) is 11.4. The molecular formula is C19H19NO3. The Kier molecular flexibility index (Phi) is 4.74. The van der Waals surface area contributed by atoms with E-state index in [-0.39, 0.29) is 5.63 Å². The zero-order valence-electron chi connectivity index (χ0n) is 13.0. The molecule has 0 saturated carbocycles. The molecule has 0 fully saturated rings. The highest BCUT2D eigenvalue weighted by Gasteiger charge is 2.04. The van der Waals surface area contributed by atoms with Gasteiger partial charge in [-0.25, -0.2) is 4.79 Å². The zero-order chi connectivity index (χ0) is 16.1. The number of benzene rings is 2. The predicted octanol–water partition coefficient (Wildman–Crippen LogP) is 3.27. The summed E-state index contributed by atoms with van der Waals surface area (Å²) in [7, 11) is 0. The molecule has 0 aliphatic carbocycles. The summed E-state index contributed by atoms with van der Waals surface area (Å²) in [6.45, 7) is 4.00. The molecule has 0 saturated heterocycles. The van der Waals surface area contributed by atoms with Gasteiger partial charge in [0.05, 0.1) is 0 Å². The molecule has 23 heavy (non-hydrogen) atoms. The van der Waals surface area contributed by atoms with Crippen LogP contribution in [0.2, 0.25) is 0 Å². The fourth-order valence-corrected chi connectivity index (χ4v) is 2.46. The van der Waals surface area contributed by atoms with E-state index in [4.69, 9.17) is 9.15 Å². The first kappa shape index (κ1) is 15.3. The van der Waals surface area contributed by atoms with Gasteiger partial charge < -0.3 is 14.5 Å². The third kappa shape index (κ3) is 3.99. The second-order valence-corrected chi connectivity index (χ2v) is 5.42.